The van der Waals surface area contributed by atoms with Crippen LogP contribution in [0.25, 0.3) is 0 Å². The third kappa shape index (κ3) is 4.27. The second-order valence-corrected chi connectivity index (χ2v) is 4.50. The van der Waals surface area contributed by atoms with Crippen molar-refractivity contribution in [1.29, 1.82) is 0 Å². The zero-order valence-corrected chi connectivity index (χ0v) is 11.2. The number of rotatable bonds is 7. The third-order valence-electron chi connectivity index (χ3n) is 2.61. The van der Waals surface area contributed by atoms with E-state index in [0.29, 0.717) is 5.92 Å². The molecule has 96 valence electrons. The van der Waals surface area contributed by atoms with Crippen molar-refractivity contribution in [2.24, 2.45) is 5.92 Å². The summed E-state index contributed by atoms with van der Waals surface area (Å²) < 4.78 is 10.7. The van der Waals surface area contributed by atoms with Crippen LogP contribution in [0.4, 0.5) is 0 Å². The summed E-state index contributed by atoms with van der Waals surface area (Å²) in [5.74, 6) is 2.33. The zero-order chi connectivity index (χ0) is 12.7. The molecule has 0 spiro atoms. The van der Waals surface area contributed by atoms with Crippen LogP contribution in [0.1, 0.15) is 19.4 Å². The summed E-state index contributed by atoms with van der Waals surface area (Å²) in [6.45, 7) is 6.42. The third-order valence-corrected chi connectivity index (χ3v) is 2.61. The minimum Gasteiger partial charge on any atom is -0.493 e. The van der Waals surface area contributed by atoms with Crippen LogP contribution in [0, 0.1) is 5.92 Å². The summed E-state index contributed by atoms with van der Waals surface area (Å²) in [4.78, 5) is 0. The molecule has 0 aliphatic heterocycles. The number of nitrogens with one attached hydrogen (secondary N) is 1. The summed E-state index contributed by atoms with van der Waals surface area (Å²) in [6, 6.07) is 6.00. The molecule has 0 aliphatic rings. The first-order valence-electron chi connectivity index (χ1n) is 6.09. The van der Waals surface area contributed by atoms with Gasteiger partial charge in [0.25, 0.3) is 0 Å². The first kappa shape index (κ1) is 13.8. The first-order valence-corrected chi connectivity index (χ1v) is 6.09. The smallest absolute Gasteiger partial charge is 0.163 e. The molecule has 0 saturated carbocycles. The summed E-state index contributed by atoms with van der Waals surface area (Å²) in [7, 11) is 3.35. The van der Waals surface area contributed by atoms with Gasteiger partial charge in [-0.1, -0.05) is 26.0 Å². The van der Waals surface area contributed by atoms with E-state index in [9.17, 15) is 0 Å². The molecule has 0 bridgehead atoms. The Bertz CT molecular complexity index is 337. The molecule has 17 heavy (non-hydrogen) atoms. The fourth-order valence-electron chi connectivity index (χ4n) is 1.76. The van der Waals surface area contributed by atoms with Crippen molar-refractivity contribution in [2.45, 2.75) is 20.3 Å². The minimum absolute atomic E-state index is 0.683. The van der Waals surface area contributed by atoms with E-state index in [2.05, 4.69) is 25.2 Å². The van der Waals surface area contributed by atoms with Gasteiger partial charge in [-0.05, 0) is 37.1 Å². The molecule has 1 aromatic rings. The number of hydrogen-bond acceptors (Lipinski definition) is 3. The van der Waals surface area contributed by atoms with Gasteiger partial charge in [0.05, 0.1) is 14.2 Å². The Kier molecular flexibility index (Phi) is 5.84. The van der Waals surface area contributed by atoms with Crippen LogP contribution in [0.2, 0.25) is 0 Å². The second-order valence-electron chi connectivity index (χ2n) is 4.50. The molecular weight excluding hydrogens is 214 g/mol. The van der Waals surface area contributed by atoms with Crippen molar-refractivity contribution in [1.82, 2.24) is 5.32 Å². The molecule has 1 aromatic carbocycles. The normalized spacial score (nSPS) is 10.6. The molecule has 3 heteroatoms. The molecule has 1 rings (SSSR count). The Morgan fingerprint density at radius 3 is 2.53 bits per heavy atom. The number of benzene rings is 1. The van der Waals surface area contributed by atoms with E-state index in [1.165, 1.54) is 5.56 Å². The van der Waals surface area contributed by atoms with Gasteiger partial charge >= 0.3 is 0 Å². The molecule has 0 aliphatic carbocycles. The maximum atomic E-state index is 5.39. The lowest BCUT2D eigenvalue weighted by molar-refractivity contribution is 0.351. The van der Waals surface area contributed by atoms with Gasteiger partial charge in [0.2, 0.25) is 0 Å². The van der Waals surface area contributed by atoms with Crippen molar-refractivity contribution < 1.29 is 9.47 Å². The molecule has 0 radical (unpaired) electrons. The molecule has 0 amide bonds. The van der Waals surface area contributed by atoms with Crippen LogP contribution in [0.5, 0.6) is 11.5 Å². The molecule has 0 saturated heterocycles. The molecule has 0 fully saturated rings. The Hall–Kier alpha value is -1.22. The maximum absolute atomic E-state index is 5.39. The maximum Gasteiger partial charge on any atom is 0.163 e. The predicted molar refractivity (Wildman–Crippen MR) is 71.0 cm³/mol. The van der Waals surface area contributed by atoms with Crippen molar-refractivity contribution in [2.75, 3.05) is 27.3 Å². The number of hydrogen-bond donors (Lipinski definition) is 1. The number of ether oxygens (including phenoxy) is 2. The summed E-state index contributed by atoms with van der Waals surface area (Å²) in [6.07, 6.45) is 0.951. The minimum atomic E-state index is 0.683. The van der Waals surface area contributed by atoms with E-state index >= 15 is 0 Å². The predicted octanol–water partition coefficient (Wildman–Crippen LogP) is 2.49. The quantitative estimate of drug-likeness (QED) is 0.739. The summed E-state index contributed by atoms with van der Waals surface area (Å²) in [5, 5.41) is 3.43. The molecule has 3 nitrogen and oxygen atoms in total. The van der Waals surface area contributed by atoms with Crippen molar-refractivity contribution in [3.05, 3.63) is 23.8 Å². The van der Waals surface area contributed by atoms with Gasteiger partial charge in [0.1, 0.15) is 0 Å². The van der Waals surface area contributed by atoms with Crippen LogP contribution >= 0.6 is 0 Å². The highest BCUT2D eigenvalue weighted by molar-refractivity contribution is 5.46. The van der Waals surface area contributed by atoms with Gasteiger partial charge in [-0.15, -0.1) is 0 Å². The Morgan fingerprint density at radius 2 is 1.94 bits per heavy atom. The van der Waals surface area contributed by atoms with Crippen molar-refractivity contribution in [3.63, 3.8) is 0 Å². The highest BCUT2D eigenvalue weighted by Gasteiger charge is 2.08. The molecule has 0 heterocycles. The van der Waals surface area contributed by atoms with E-state index in [4.69, 9.17) is 9.47 Å². The largest absolute Gasteiger partial charge is 0.493 e. The van der Waals surface area contributed by atoms with E-state index in [-0.39, 0.29) is 0 Å². The van der Waals surface area contributed by atoms with Crippen LogP contribution in [0.15, 0.2) is 18.2 Å². The topological polar surface area (TPSA) is 30.5 Å². The Labute approximate surface area is 104 Å². The highest BCUT2D eigenvalue weighted by Crippen LogP contribution is 2.30. The number of methoxy groups -OCH3 is 2. The lowest BCUT2D eigenvalue weighted by atomic mass is 10.1. The standard InChI is InChI=1S/C14H23NO2/c1-11(2)10-15-9-8-12-6-5-7-13(16-3)14(12)17-4/h5-7,11,15H,8-10H2,1-4H3. The second kappa shape index (κ2) is 7.17. The average Bonchev–Trinajstić information content (AvgIpc) is 2.33. The SMILES string of the molecule is COc1cccc(CCNCC(C)C)c1OC. The molecule has 1 N–H and O–H groups in total. The van der Waals surface area contributed by atoms with Crippen LogP contribution < -0.4 is 14.8 Å². The van der Waals surface area contributed by atoms with E-state index in [1.54, 1.807) is 14.2 Å². The Morgan fingerprint density at radius 1 is 1.18 bits per heavy atom. The van der Waals surface area contributed by atoms with E-state index in [0.717, 1.165) is 31.0 Å². The van der Waals surface area contributed by atoms with Crippen LogP contribution in [0.3, 0.4) is 0 Å². The Balaban J connectivity index is 2.58. The fraction of sp³-hybridized carbons (Fsp3) is 0.571. The van der Waals surface area contributed by atoms with Gasteiger partial charge in [-0.2, -0.15) is 0 Å². The van der Waals surface area contributed by atoms with Crippen LogP contribution in [-0.2, 0) is 6.42 Å². The van der Waals surface area contributed by atoms with Crippen molar-refractivity contribution >= 4 is 0 Å². The van der Waals surface area contributed by atoms with Gasteiger partial charge < -0.3 is 14.8 Å². The first-order chi connectivity index (χ1) is 8.19. The van der Waals surface area contributed by atoms with Crippen LogP contribution in [-0.4, -0.2) is 27.3 Å². The number of para-hydroxylation sites is 1. The lowest BCUT2D eigenvalue weighted by Gasteiger charge is -2.13. The zero-order valence-electron chi connectivity index (χ0n) is 11.2. The van der Waals surface area contributed by atoms with Gasteiger partial charge in [0, 0.05) is 0 Å². The van der Waals surface area contributed by atoms with Gasteiger partial charge in [-0.3, -0.25) is 0 Å². The van der Waals surface area contributed by atoms with Gasteiger partial charge in [0.15, 0.2) is 11.5 Å². The summed E-state index contributed by atoms with van der Waals surface area (Å²) >= 11 is 0. The molecule has 0 atom stereocenters. The lowest BCUT2D eigenvalue weighted by Crippen LogP contribution is -2.22. The van der Waals surface area contributed by atoms with Crippen molar-refractivity contribution in [3.8, 4) is 11.5 Å². The molecular formula is C14H23NO2. The van der Waals surface area contributed by atoms with E-state index < -0.39 is 0 Å². The van der Waals surface area contributed by atoms with E-state index in [1.807, 2.05) is 12.1 Å². The highest BCUT2D eigenvalue weighted by atomic mass is 16.5. The summed E-state index contributed by atoms with van der Waals surface area (Å²) in [5.41, 5.74) is 1.18. The monoisotopic (exact) mass is 237 g/mol. The molecule has 0 aromatic heterocycles. The average molecular weight is 237 g/mol. The molecule has 0 unspecified atom stereocenters. The van der Waals surface area contributed by atoms with Gasteiger partial charge in [-0.25, -0.2) is 0 Å². The fourth-order valence-corrected chi connectivity index (χ4v) is 1.76.